The van der Waals surface area contributed by atoms with E-state index in [9.17, 15) is 0 Å². The lowest BCUT2D eigenvalue weighted by atomic mass is 10.3. The molecule has 1 aromatic carbocycles. The summed E-state index contributed by atoms with van der Waals surface area (Å²) in [6.45, 7) is 0.402. The second-order valence-electron chi connectivity index (χ2n) is 3.42. The van der Waals surface area contributed by atoms with Gasteiger partial charge in [0.2, 0.25) is 0 Å². The molecule has 0 radical (unpaired) electrons. The van der Waals surface area contributed by atoms with Gasteiger partial charge in [0.25, 0.3) is 0 Å². The molecule has 0 fully saturated rings. The normalized spacial score (nSPS) is 10.0. The Morgan fingerprint density at radius 1 is 1.12 bits per heavy atom. The number of benzene rings is 1. The first-order chi connectivity index (χ1) is 8.29. The Bertz CT molecular complexity index is 485. The van der Waals surface area contributed by atoms with Gasteiger partial charge in [0, 0.05) is 11.8 Å². The highest BCUT2D eigenvalue weighted by Crippen LogP contribution is 2.19. The van der Waals surface area contributed by atoms with Gasteiger partial charge >= 0.3 is 0 Å². The van der Waals surface area contributed by atoms with Crippen LogP contribution in [0, 0.1) is 0 Å². The molecule has 17 heavy (non-hydrogen) atoms. The molecule has 0 saturated carbocycles. The fraction of sp³-hybridized carbons (Fsp3) is 0.154. The highest BCUT2D eigenvalue weighted by Gasteiger charge is 2.01. The van der Waals surface area contributed by atoms with Gasteiger partial charge in [-0.1, -0.05) is 17.7 Å². The van der Waals surface area contributed by atoms with Crippen molar-refractivity contribution in [3.63, 3.8) is 0 Å². The van der Waals surface area contributed by atoms with Crippen LogP contribution in [-0.4, -0.2) is 12.1 Å². The quantitative estimate of drug-likeness (QED) is 0.779. The summed E-state index contributed by atoms with van der Waals surface area (Å²) in [6.07, 6.45) is 1.65. The third-order valence-electron chi connectivity index (χ3n) is 2.29. The number of rotatable bonds is 4. The lowest BCUT2D eigenvalue weighted by Gasteiger charge is -2.07. The molecule has 1 heterocycles. The summed E-state index contributed by atoms with van der Waals surface area (Å²) in [5, 5.41) is 0.473. The molecule has 2 rings (SSSR count). The number of pyridine rings is 1. The van der Waals surface area contributed by atoms with E-state index in [1.165, 1.54) is 0 Å². The third-order valence-corrected chi connectivity index (χ3v) is 2.63. The van der Waals surface area contributed by atoms with Crippen LogP contribution in [0.5, 0.6) is 11.5 Å². The van der Waals surface area contributed by atoms with Gasteiger partial charge in [-0.15, -0.1) is 0 Å². The van der Waals surface area contributed by atoms with Gasteiger partial charge in [0.15, 0.2) is 0 Å². The average Bonchev–Trinajstić information content (AvgIpc) is 2.38. The molecule has 0 amide bonds. The number of methoxy groups -OCH3 is 1. The highest BCUT2D eigenvalue weighted by atomic mass is 35.5. The van der Waals surface area contributed by atoms with E-state index >= 15 is 0 Å². The van der Waals surface area contributed by atoms with Crippen molar-refractivity contribution in [1.82, 2.24) is 4.98 Å². The number of ether oxygens (including phenoxy) is 2. The maximum atomic E-state index is 5.93. The lowest BCUT2D eigenvalue weighted by molar-refractivity contribution is 0.305. The summed E-state index contributed by atoms with van der Waals surface area (Å²) in [5.41, 5.74) is 0.866. The summed E-state index contributed by atoms with van der Waals surface area (Å²) in [5.74, 6) is 1.57. The minimum absolute atomic E-state index is 0.402. The second-order valence-corrected chi connectivity index (χ2v) is 3.78. The molecule has 0 unspecified atom stereocenters. The Hall–Kier alpha value is -1.74. The summed E-state index contributed by atoms with van der Waals surface area (Å²) < 4.78 is 10.7. The van der Waals surface area contributed by atoms with Gasteiger partial charge in [-0.25, -0.2) is 4.98 Å². The average molecular weight is 250 g/mol. The van der Waals surface area contributed by atoms with Crippen LogP contribution in [0.1, 0.15) is 5.56 Å². The summed E-state index contributed by atoms with van der Waals surface area (Å²) >= 11 is 5.93. The first kappa shape index (κ1) is 11.7. The predicted molar refractivity (Wildman–Crippen MR) is 66.6 cm³/mol. The van der Waals surface area contributed by atoms with Gasteiger partial charge in [-0.3, -0.25) is 0 Å². The SMILES string of the molecule is COc1ccc(OCc2cccnc2Cl)cc1. The van der Waals surface area contributed by atoms with Crippen LogP contribution in [0.25, 0.3) is 0 Å². The summed E-state index contributed by atoms with van der Waals surface area (Å²) in [6, 6.07) is 11.1. The molecule has 0 aliphatic heterocycles. The fourth-order valence-corrected chi connectivity index (χ4v) is 1.53. The van der Waals surface area contributed by atoms with Crippen molar-refractivity contribution in [2.45, 2.75) is 6.61 Å². The van der Waals surface area contributed by atoms with Crippen LogP contribution in [0.3, 0.4) is 0 Å². The highest BCUT2D eigenvalue weighted by molar-refractivity contribution is 6.30. The van der Waals surface area contributed by atoms with E-state index in [1.807, 2.05) is 36.4 Å². The van der Waals surface area contributed by atoms with Crippen molar-refractivity contribution in [3.8, 4) is 11.5 Å². The minimum atomic E-state index is 0.402. The zero-order chi connectivity index (χ0) is 12.1. The van der Waals surface area contributed by atoms with E-state index in [0.29, 0.717) is 11.8 Å². The third kappa shape index (κ3) is 3.11. The molecule has 4 heteroatoms. The molecule has 0 atom stereocenters. The number of hydrogen-bond acceptors (Lipinski definition) is 3. The number of aromatic nitrogens is 1. The zero-order valence-corrected chi connectivity index (χ0v) is 10.1. The van der Waals surface area contributed by atoms with E-state index in [1.54, 1.807) is 13.3 Å². The van der Waals surface area contributed by atoms with Gasteiger partial charge < -0.3 is 9.47 Å². The maximum absolute atomic E-state index is 5.93. The topological polar surface area (TPSA) is 31.4 Å². The molecule has 0 saturated heterocycles. The van der Waals surface area contributed by atoms with Crippen LogP contribution in [-0.2, 0) is 6.61 Å². The molecule has 1 aromatic heterocycles. The molecule has 3 nitrogen and oxygen atoms in total. The van der Waals surface area contributed by atoms with Crippen LogP contribution < -0.4 is 9.47 Å². The molecule has 2 aromatic rings. The van der Waals surface area contributed by atoms with Crippen molar-refractivity contribution in [2.24, 2.45) is 0 Å². The van der Waals surface area contributed by atoms with Crippen molar-refractivity contribution >= 4 is 11.6 Å². The minimum Gasteiger partial charge on any atom is -0.497 e. The molecule has 0 spiro atoms. The van der Waals surface area contributed by atoms with Crippen molar-refractivity contribution in [2.75, 3.05) is 7.11 Å². The standard InChI is InChI=1S/C13H12ClNO2/c1-16-11-4-6-12(7-5-11)17-9-10-3-2-8-15-13(10)14/h2-8H,9H2,1H3. The summed E-state index contributed by atoms with van der Waals surface area (Å²) in [7, 11) is 1.63. The van der Waals surface area contributed by atoms with Gasteiger partial charge in [-0.05, 0) is 30.3 Å². The monoisotopic (exact) mass is 249 g/mol. The largest absolute Gasteiger partial charge is 0.497 e. The molecule has 0 N–H and O–H groups in total. The summed E-state index contributed by atoms with van der Waals surface area (Å²) in [4.78, 5) is 3.98. The van der Waals surface area contributed by atoms with Crippen molar-refractivity contribution in [1.29, 1.82) is 0 Å². The van der Waals surface area contributed by atoms with Crippen molar-refractivity contribution in [3.05, 3.63) is 53.3 Å². The predicted octanol–water partition coefficient (Wildman–Crippen LogP) is 3.32. The smallest absolute Gasteiger partial charge is 0.135 e. The van der Waals surface area contributed by atoms with Gasteiger partial charge in [0.05, 0.1) is 7.11 Å². The van der Waals surface area contributed by atoms with Crippen LogP contribution in [0.2, 0.25) is 5.15 Å². The zero-order valence-electron chi connectivity index (χ0n) is 9.39. The Kier molecular flexibility index (Phi) is 3.83. The van der Waals surface area contributed by atoms with Crippen LogP contribution >= 0.6 is 11.6 Å². The molecular formula is C13H12ClNO2. The number of hydrogen-bond donors (Lipinski definition) is 0. The molecule has 0 bridgehead atoms. The van der Waals surface area contributed by atoms with Gasteiger partial charge in [0.1, 0.15) is 23.3 Å². The number of halogens is 1. The Morgan fingerprint density at radius 3 is 2.47 bits per heavy atom. The first-order valence-corrected chi connectivity index (χ1v) is 5.53. The second kappa shape index (κ2) is 5.55. The maximum Gasteiger partial charge on any atom is 0.135 e. The molecule has 88 valence electrons. The molecular weight excluding hydrogens is 238 g/mol. The Labute approximate surface area is 105 Å². The van der Waals surface area contributed by atoms with E-state index in [0.717, 1.165) is 17.1 Å². The van der Waals surface area contributed by atoms with Crippen molar-refractivity contribution < 1.29 is 9.47 Å². The van der Waals surface area contributed by atoms with E-state index < -0.39 is 0 Å². The fourth-order valence-electron chi connectivity index (χ4n) is 1.36. The Balaban J connectivity index is 2.00. The van der Waals surface area contributed by atoms with Gasteiger partial charge in [-0.2, -0.15) is 0 Å². The lowest BCUT2D eigenvalue weighted by Crippen LogP contribution is -1.97. The Morgan fingerprint density at radius 2 is 1.82 bits per heavy atom. The van der Waals surface area contributed by atoms with E-state index in [2.05, 4.69) is 4.98 Å². The van der Waals surface area contributed by atoms with E-state index in [4.69, 9.17) is 21.1 Å². The molecule has 0 aliphatic rings. The number of nitrogens with zero attached hydrogens (tertiary/aromatic N) is 1. The first-order valence-electron chi connectivity index (χ1n) is 5.16. The molecule has 0 aliphatic carbocycles. The van der Waals surface area contributed by atoms with Crippen LogP contribution in [0.15, 0.2) is 42.6 Å². The van der Waals surface area contributed by atoms with E-state index in [-0.39, 0.29) is 0 Å². The van der Waals surface area contributed by atoms with Crippen LogP contribution in [0.4, 0.5) is 0 Å².